The van der Waals surface area contributed by atoms with E-state index in [1.54, 1.807) is 38.1 Å². The van der Waals surface area contributed by atoms with Gasteiger partial charge >= 0.3 is 11.9 Å². The van der Waals surface area contributed by atoms with Gasteiger partial charge in [0.05, 0.1) is 40.6 Å². The van der Waals surface area contributed by atoms with Crippen LogP contribution < -0.4 is 16.4 Å². The van der Waals surface area contributed by atoms with Crippen molar-refractivity contribution < 1.29 is 24.0 Å². The Morgan fingerprint density at radius 2 is 1.25 bits per heavy atom. The minimum Gasteiger partial charge on any atom is -0.462 e. The normalized spacial score (nSPS) is 15.8. The SMILES string of the molecule is CCOC(=O)c1ccc(NC2CCCCC2)c(N)c1.CCOC(=O)c1ccc(NC2CCCCC2)c([N+](=O)[O-])c1. The van der Waals surface area contributed by atoms with E-state index >= 15 is 0 Å². The van der Waals surface area contributed by atoms with Gasteiger partial charge in [0.15, 0.2) is 0 Å². The zero-order valence-electron chi connectivity index (χ0n) is 23.6. The molecule has 0 aromatic heterocycles. The van der Waals surface area contributed by atoms with Gasteiger partial charge in [0.2, 0.25) is 0 Å². The Labute approximate surface area is 236 Å². The Bertz CT molecular complexity index is 1140. The summed E-state index contributed by atoms with van der Waals surface area (Å²) >= 11 is 0. The summed E-state index contributed by atoms with van der Waals surface area (Å²) < 4.78 is 9.83. The van der Waals surface area contributed by atoms with Gasteiger partial charge in [-0.25, -0.2) is 9.59 Å². The first kappa shape index (κ1) is 30.7. The summed E-state index contributed by atoms with van der Waals surface area (Å²) in [4.78, 5) is 34.0. The fourth-order valence-corrected chi connectivity index (χ4v) is 5.12. The number of nitro groups is 1. The van der Waals surface area contributed by atoms with Crippen LogP contribution in [-0.4, -0.2) is 42.2 Å². The van der Waals surface area contributed by atoms with E-state index in [0.29, 0.717) is 29.6 Å². The maximum Gasteiger partial charge on any atom is 0.338 e. The first-order valence-electron chi connectivity index (χ1n) is 14.4. The number of nitrogens with one attached hydrogen (secondary N) is 2. The van der Waals surface area contributed by atoms with Crippen LogP contribution in [0.3, 0.4) is 0 Å². The average molecular weight is 555 g/mol. The van der Waals surface area contributed by atoms with Crippen LogP contribution in [0.4, 0.5) is 22.7 Å². The van der Waals surface area contributed by atoms with E-state index in [0.717, 1.165) is 31.4 Å². The number of carbonyl (C=O) groups is 2. The van der Waals surface area contributed by atoms with Crippen molar-refractivity contribution in [3.8, 4) is 0 Å². The molecule has 4 N–H and O–H groups in total. The highest BCUT2D eigenvalue weighted by atomic mass is 16.6. The Morgan fingerprint density at radius 1 is 0.800 bits per heavy atom. The molecule has 2 aromatic carbocycles. The maximum atomic E-state index is 11.7. The monoisotopic (exact) mass is 554 g/mol. The molecule has 0 heterocycles. The van der Waals surface area contributed by atoms with Crippen molar-refractivity contribution in [2.24, 2.45) is 0 Å². The molecule has 0 radical (unpaired) electrons. The molecule has 0 unspecified atom stereocenters. The molecule has 0 aliphatic heterocycles. The van der Waals surface area contributed by atoms with Crippen molar-refractivity contribution in [3.05, 3.63) is 57.6 Å². The fraction of sp³-hybridized carbons (Fsp3) is 0.533. The van der Waals surface area contributed by atoms with Crippen LogP contribution in [0.1, 0.15) is 98.8 Å². The fourth-order valence-electron chi connectivity index (χ4n) is 5.12. The number of rotatable bonds is 9. The van der Waals surface area contributed by atoms with Crippen LogP contribution in [0.2, 0.25) is 0 Å². The minimum absolute atomic E-state index is 0.0777. The molecule has 10 heteroatoms. The number of anilines is 3. The van der Waals surface area contributed by atoms with Crippen molar-refractivity contribution >= 4 is 34.7 Å². The molecule has 2 aliphatic carbocycles. The third kappa shape index (κ3) is 9.14. The van der Waals surface area contributed by atoms with Gasteiger partial charge in [-0.2, -0.15) is 0 Å². The number of nitrogen functional groups attached to an aromatic ring is 1. The van der Waals surface area contributed by atoms with Gasteiger partial charge in [-0.3, -0.25) is 10.1 Å². The number of esters is 2. The molecule has 2 aliphatic rings. The zero-order chi connectivity index (χ0) is 28.9. The summed E-state index contributed by atoms with van der Waals surface area (Å²) in [6.45, 7) is 4.11. The van der Waals surface area contributed by atoms with Gasteiger partial charge in [-0.05, 0) is 69.9 Å². The maximum absolute atomic E-state index is 11.7. The smallest absolute Gasteiger partial charge is 0.338 e. The lowest BCUT2D eigenvalue weighted by molar-refractivity contribution is -0.384. The Kier molecular flexibility index (Phi) is 12.0. The predicted molar refractivity (Wildman–Crippen MR) is 157 cm³/mol. The van der Waals surface area contributed by atoms with Crippen molar-refractivity contribution in [1.29, 1.82) is 0 Å². The van der Waals surface area contributed by atoms with Gasteiger partial charge < -0.3 is 25.8 Å². The van der Waals surface area contributed by atoms with E-state index in [9.17, 15) is 19.7 Å². The van der Waals surface area contributed by atoms with Crippen LogP contribution in [0.15, 0.2) is 36.4 Å². The standard InChI is InChI=1S/C15H20N2O4.C15H22N2O2/c1-2-21-15(18)11-8-9-13(14(10-11)17(19)20)16-12-6-4-3-5-7-12;1-2-19-15(18)11-8-9-14(13(16)10-11)17-12-6-4-3-5-7-12/h8-10,12,16H,2-7H2,1H3;8-10,12,17H,2-7,16H2,1H3. The third-order valence-corrected chi connectivity index (χ3v) is 7.20. The molecule has 2 fully saturated rings. The Balaban J connectivity index is 0.000000222. The zero-order valence-corrected chi connectivity index (χ0v) is 23.6. The topological polar surface area (TPSA) is 146 Å². The molecule has 0 saturated heterocycles. The number of nitro benzene ring substituents is 1. The first-order valence-corrected chi connectivity index (χ1v) is 14.4. The molecule has 0 amide bonds. The molecule has 40 heavy (non-hydrogen) atoms. The molecule has 0 bridgehead atoms. The second-order valence-corrected chi connectivity index (χ2v) is 10.2. The second kappa shape index (κ2) is 15.7. The summed E-state index contributed by atoms with van der Waals surface area (Å²) in [6, 6.07) is 10.5. The van der Waals surface area contributed by atoms with Crippen LogP contribution >= 0.6 is 0 Å². The molecule has 4 rings (SSSR count). The largest absolute Gasteiger partial charge is 0.462 e. The van der Waals surface area contributed by atoms with Gasteiger partial charge in [0.1, 0.15) is 5.69 Å². The predicted octanol–water partition coefficient (Wildman–Crippen LogP) is 6.71. The minimum atomic E-state index is -0.537. The molecule has 2 saturated carbocycles. The lowest BCUT2D eigenvalue weighted by atomic mass is 9.95. The number of hydrogen-bond acceptors (Lipinski definition) is 9. The summed E-state index contributed by atoms with van der Waals surface area (Å²) in [7, 11) is 0. The highest BCUT2D eigenvalue weighted by Gasteiger charge is 2.21. The number of hydrogen-bond donors (Lipinski definition) is 3. The number of benzene rings is 2. The van der Waals surface area contributed by atoms with Crippen molar-refractivity contribution in [1.82, 2.24) is 0 Å². The van der Waals surface area contributed by atoms with Crippen molar-refractivity contribution in [2.75, 3.05) is 29.6 Å². The second-order valence-electron chi connectivity index (χ2n) is 10.2. The third-order valence-electron chi connectivity index (χ3n) is 7.20. The molecule has 10 nitrogen and oxygen atoms in total. The van der Waals surface area contributed by atoms with E-state index in [1.165, 1.54) is 44.6 Å². The highest BCUT2D eigenvalue weighted by molar-refractivity contribution is 5.92. The van der Waals surface area contributed by atoms with Crippen LogP contribution in [0.25, 0.3) is 0 Å². The quantitative estimate of drug-likeness (QED) is 0.133. The summed E-state index contributed by atoms with van der Waals surface area (Å²) in [6.07, 6.45) is 11.8. The number of ether oxygens (including phenoxy) is 2. The van der Waals surface area contributed by atoms with E-state index in [-0.39, 0.29) is 29.9 Å². The molecule has 0 spiro atoms. The molecular weight excluding hydrogens is 512 g/mol. The summed E-state index contributed by atoms with van der Waals surface area (Å²) in [5, 5.41) is 17.9. The van der Waals surface area contributed by atoms with Gasteiger partial charge in [0.25, 0.3) is 5.69 Å². The lowest BCUT2D eigenvalue weighted by Gasteiger charge is -2.24. The van der Waals surface area contributed by atoms with Gasteiger partial charge in [-0.15, -0.1) is 0 Å². The van der Waals surface area contributed by atoms with E-state index < -0.39 is 10.9 Å². The number of nitrogens with zero attached hydrogens (tertiary/aromatic N) is 1. The first-order chi connectivity index (χ1) is 19.3. The Morgan fingerprint density at radius 3 is 1.70 bits per heavy atom. The van der Waals surface area contributed by atoms with Crippen molar-refractivity contribution in [3.63, 3.8) is 0 Å². The van der Waals surface area contributed by atoms with Crippen LogP contribution in [-0.2, 0) is 9.47 Å². The van der Waals surface area contributed by atoms with Crippen LogP contribution in [0, 0.1) is 10.1 Å². The molecule has 0 atom stereocenters. The average Bonchev–Trinajstić information content (AvgIpc) is 2.96. The van der Waals surface area contributed by atoms with E-state index in [1.807, 2.05) is 6.07 Å². The van der Waals surface area contributed by atoms with Gasteiger partial charge in [-0.1, -0.05) is 38.5 Å². The Hall–Kier alpha value is -3.82. The number of nitrogens with two attached hydrogens (primary N) is 1. The molecule has 218 valence electrons. The van der Waals surface area contributed by atoms with Gasteiger partial charge in [0, 0.05) is 18.2 Å². The highest BCUT2D eigenvalue weighted by Crippen LogP contribution is 2.30. The van der Waals surface area contributed by atoms with Crippen LogP contribution in [0.5, 0.6) is 0 Å². The molecule has 2 aromatic rings. The van der Waals surface area contributed by atoms with E-state index in [2.05, 4.69) is 10.6 Å². The summed E-state index contributed by atoms with van der Waals surface area (Å²) in [5.74, 6) is -0.858. The van der Waals surface area contributed by atoms with E-state index in [4.69, 9.17) is 15.2 Å². The lowest BCUT2D eigenvalue weighted by Crippen LogP contribution is -2.22. The van der Waals surface area contributed by atoms with Crippen molar-refractivity contribution in [2.45, 2.75) is 90.1 Å². The summed E-state index contributed by atoms with van der Waals surface area (Å²) in [5.41, 5.74) is 8.64. The molecular formula is C30H42N4O6. The number of carbonyl (C=O) groups excluding carboxylic acids is 2.